The molecule has 9 nitrogen and oxygen atoms in total. The molecule has 1 heterocycles. The highest BCUT2D eigenvalue weighted by Crippen LogP contribution is 2.27. The maximum Gasteiger partial charge on any atom is 0.407 e. The Morgan fingerprint density at radius 2 is 1.81 bits per heavy atom. The van der Waals surface area contributed by atoms with Crippen LogP contribution in [0.3, 0.4) is 0 Å². The first-order valence-electron chi connectivity index (χ1n) is 8.51. The van der Waals surface area contributed by atoms with Crippen molar-refractivity contribution in [3.63, 3.8) is 0 Å². The monoisotopic (exact) mass is 376 g/mol. The summed E-state index contributed by atoms with van der Waals surface area (Å²) < 4.78 is 5.05. The summed E-state index contributed by atoms with van der Waals surface area (Å²) in [7, 11) is 0. The molecule has 1 saturated heterocycles. The Balaban J connectivity index is 1.90. The van der Waals surface area contributed by atoms with Gasteiger partial charge in [0.1, 0.15) is 11.1 Å². The Hall–Kier alpha value is -3.10. The summed E-state index contributed by atoms with van der Waals surface area (Å²) in [6.45, 7) is 6.74. The number of imide groups is 1. The highest BCUT2D eigenvalue weighted by atomic mass is 16.6. The van der Waals surface area contributed by atoms with Gasteiger partial charge in [0.25, 0.3) is 5.91 Å². The molecule has 2 rings (SSSR count). The largest absolute Gasteiger partial charge is 0.444 e. The minimum absolute atomic E-state index is 0.000347. The minimum atomic E-state index is -1.26. The molecular formula is C18H24N4O5. The van der Waals surface area contributed by atoms with E-state index in [1.54, 1.807) is 58.0 Å². The van der Waals surface area contributed by atoms with Crippen LogP contribution in [0.15, 0.2) is 30.3 Å². The number of hydrogen-bond acceptors (Lipinski definition) is 5. The SMILES string of the molecule is CC(C)(C)OC(=O)NCCC(=O)NN1C(=O)NC(C)(c2ccccc2)C1=O. The summed E-state index contributed by atoms with van der Waals surface area (Å²) in [5.41, 5.74) is 0.961. The summed E-state index contributed by atoms with van der Waals surface area (Å²) in [6, 6.07) is 8.01. The molecule has 0 bridgehead atoms. The second-order valence-electron chi connectivity index (χ2n) is 7.28. The van der Waals surface area contributed by atoms with E-state index in [1.807, 2.05) is 0 Å². The lowest BCUT2D eigenvalue weighted by Crippen LogP contribution is -2.48. The molecule has 1 unspecified atom stereocenters. The summed E-state index contributed by atoms with van der Waals surface area (Å²) in [6.07, 6.45) is -0.778. The van der Waals surface area contributed by atoms with E-state index in [1.165, 1.54) is 0 Å². The maximum atomic E-state index is 12.7. The van der Waals surface area contributed by atoms with E-state index in [0.29, 0.717) is 10.6 Å². The fourth-order valence-corrected chi connectivity index (χ4v) is 2.48. The van der Waals surface area contributed by atoms with Crippen LogP contribution in [-0.4, -0.2) is 41.1 Å². The van der Waals surface area contributed by atoms with E-state index in [2.05, 4.69) is 16.1 Å². The molecule has 9 heteroatoms. The van der Waals surface area contributed by atoms with Gasteiger partial charge in [-0.05, 0) is 33.3 Å². The van der Waals surface area contributed by atoms with Crippen molar-refractivity contribution in [1.82, 2.24) is 21.1 Å². The average molecular weight is 376 g/mol. The molecule has 3 N–H and O–H groups in total. The number of benzene rings is 1. The van der Waals surface area contributed by atoms with Crippen LogP contribution in [0.4, 0.5) is 9.59 Å². The Labute approximate surface area is 157 Å². The molecule has 1 aliphatic rings. The van der Waals surface area contributed by atoms with Crippen molar-refractivity contribution in [3.8, 4) is 0 Å². The summed E-state index contributed by atoms with van der Waals surface area (Å²) >= 11 is 0. The molecule has 1 aromatic carbocycles. The van der Waals surface area contributed by atoms with Gasteiger partial charge in [-0.1, -0.05) is 30.3 Å². The van der Waals surface area contributed by atoms with E-state index in [-0.39, 0.29) is 13.0 Å². The Kier molecular flexibility index (Phi) is 5.72. The lowest BCUT2D eigenvalue weighted by molar-refractivity contribution is -0.138. The van der Waals surface area contributed by atoms with E-state index in [9.17, 15) is 19.2 Å². The van der Waals surface area contributed by atoms with Crippen LogP contribution < -0.4 is 16.1 Å². The zero-order chi connectivity index (χ0) is 20.2. The van der Waals surface area contributed by atoms with Crippen LogP contribution in [0.2, 0.25) is 0 Å². The van der Waals surface area contributed by atoms with Crippen LogP contribution in [-0.2, 0) is 19.9 Å². The van der Waals surface area contributed by atoms with Crippen LogP contribution >= 0.6 is 0 Å². The molecule has 0 saturated carbocycles. The molecular weight excluding hydrogens is 352 g/mol. The zero-order valence-corrected chi connectivity index (χ0v) is 15.8. The van der Waals surface area contributed by atoms with Crippen molar-refractivity contribution in [2.45, 2.75) is 45.3 Å². The number of nitrogens with zero attached hydrogens (tertiary/aromatic N) is 1. The van der Waals surface area contributed by atoms with Gasteiger partial charge in [0.2, 0.25) is 5.91 Å². The normalized spacial score (nSPS) is 19.5. The van der Waals surface area contributed by atoms with E-state index >= 15 is 0 Å². The number of hydrazine groups is 1. The smallest absolute Gasteiger partial charge is 0.407 e. The fourth-order valence-electron chi connectivity index (χ4n) is 2.48. The molecule has 1 aromatic rings. The first-order chi connectivity index (χ1) is 12.5. The van der Waals surface area contributed by atoms with Crippen molar-refractivity contribution in [3.05, 3.63) is 35.9 Å². The molecule has 0 aliphatic carbocycles. The van der Waals surface area contributed by atoms with Crippen molar-refractivity contribution >= 4 is 23.9 Å². The minimum Gasteiger partial charge on any atom is -0.444 e. The number of urea groups is 1. The summed E-state index contributed by atoms with van der Waals surface area (Å²) in [5, 5.41) is 5.67. The van der Waals surface area contributed by atoms with Crippen LogP contribution in [0.25, 0.3) is 0 Å². The number of carbonyl (C=O) groups is 4. The predicted molar refractivity (Wildman–Crippen MR) is 96.2 cm³/mol. The van der Waals surface area contributed by atoms with Crippen LogP contribution in [0.1, 0.15) is 39.7 Å². The highest BCUT2D eigenvalue weighted by molar-refractivity contribution is 6.08. The number of nitrogens with one attached hydrogen (secondary N) is 3. The van der Waals surface area contributed by atoms with Crippen molar-refractivity contribution in [1.29, 1.82) is 0 Å². The van der Waals surface area contributed by atoms with Gasteiger partial charge in [0.05, 0.1) is 0 Å². The molecule has 5 amide bonds. The number of hydrogen-bond donors (Lipinski definition) is 3. The van der Waals surface area contributed by atoms with E-state index in [4.69, 9.17) is 4.74 Å². The van der Waals surface area contributed by atoms with Gasteiger partial charge in [-0.3, -0.25) is 15.0 Å². The number of rotatable bonds is 5. The van der Waals surface area contributed by atoms with Gasteiger partial charge in [-0.15, -0.1) is 0 Å². The van der Waals surface area contributed by atoms with Crippen LogP contribution in [0, 0.1) is 0 Å². The molecule has 0 aromatic heterocycles. The molecule has 1 fully saturated rings. The third-order valence-electron chi connectivity index (χ3n) is 3.80. The Morgan fingerprint density at radius 1 is 1.19 bits per heavy atom. The Bertz CT molecular complexity index is 744. The molecule has 146 valence electrons. The lowest BCUT2D eigenvalue weighted by Gasteiger charge is -2.22. The maximum absolute atomic E-state index is 12.7. The standard InChI is InChI=1S/C18H24N4O5/c1-17(2,3)27-16(26)19-11-10-13(23)21-22-14(24)18(4,20-15(22)25)12-8-6-5-7-9-12/h5-9H,10-11H2,1-4H3,(H,19,26)(H,20,25)(H,21,23). The predicted octanol–water partition coefficient (Wildman–Crippen LogP) is 1.40. The van der Waals surface area contributed by atoms with Gasteiger partial charge < -0.3 is 15.4 Å². The Morgan fingerprint density at radius 3 is 2.41 bits per heavy atom. The first kappa shape index (κ1) is 20.2. The number of ether oxygens (including phenoxy) is 1. The quantitative estimate of drug-likeness (QED) is 0.672. The summed E-state index contributed by atoms with van der Waals surface area (Å²) in [5.74, 6) is -1.18. The topological polar surface area (TPSA) is 117 Å². The third kappa shape index (κ3) is 4.96. The first-order valence-corrected chi connectivity index (χ1v) is 8.51. The fraction of sp³-hybridized carbons (Fsp3) is 0.444. The highest BCUT2D eigenvalue weighted by Gasteiger charge is 2.49. The molecule has 0 spiro atoms. The third-order valence-corrected chi connectivity index (χ3v) is 3.80. The molecule has 1 atom stereocenters. The van der Waals surface area contributed by atoms with Crippen molar-refractivity contribution in [2.24, 2.45) is 0 Å². The second-order valence-corrected chi connectivity index (χ2v) is 7.28. The number of carbonyl (C=O) groups excluding carboxylic acids is 4. The van der Waals surface area contributed by atoms with Gasteiger partial charge in [0.15, 0.2) is 0 Å². The molecule has 27 heavy (non-hydrogen) atoms. The summed E-state index contributed by atoms with van der Waals surface area (Å²) in [4.78, 5) is 48.4. The van der Waals surface area contributed by atoms with Crippen molar-refractivity contribution < 1.29 is 23.9 Å². The molecule has 0 radical (unpaired) electrons. The van der Waals surface area contributed by atoms with Gasteiger partial charge in [-0.2, -0.15) is 5.01 Å². The van der Waals surface area contributed by atoms with Gasteiger partial charge in [0, 0.05) is 13.0 Å². The van der Waals surface area contributed by atoms with Gasteiger partial charge in [-0.25, -0.2) is 9.59 Å². The second kappa shape index (κ2) is 7.65. The zero-order valence-electron chi connectivity index (χ0n) is 15.8. The van der Waals surface area contributed by atoms with E-state index < -0.39 is 35.1 Å². The average Bonchev–Trinajstić information content (AvgIpc) is 2.78. The number of amides is 5. The molecule has 1 aliphatic heterocycles. The van der Waals surface area contributed by atoms with Crippen molar-refractivity contribution in [2.75, 3.05) is 6.54 Å². The number of alkyl carbamates (subject to hydrolysis) is 1. The lowest BCUT2D eigenvalue weighted by atomic mass is 9.92. The van der Waals surface area contributed by atoms with E-state index in [0.717, 1.165) is 0 Å². The van der Waals surface area contributed by atoms with Crippen LogP contribution in [0.5, 0.6) is 0 Å². The van der Waals surface area contributed by atoms with Gasteiger partial charge >= 0.3 is 12.1 Å².